The fourth-order valence-corrected chi connectivity index (χ4v) is 4.34. The van der Waals surface area contributed by atoms with Crippen molar-refractivity contribution >= 4 is 18.3 Å². The number of nitrogens with zero attached hydrogens (tertiary/aromatic N) is 1. The zero-order valence-electron chi connectivity index (χ0n) is 18.8. The molecular weight excluding hydrogens is 410 g/mol. The summed E-state index contributed by atoms with van der Waals surface area (Å²) in [5, 5.41) is 13.1. The van der Waals surface area contributed by atoms with Gasteiger partial charge < -0.3 is 20.5 Å². The summed E-state index contributed by atoms with van der Waals surface area (Å²) in [4.78, 5) is 35.6. The van der Waals surface area contributed by atoms with Crippen LogP contribution in [0.4, 0.5) is 0 Å². The van der Waals surface area contributed by atoms with Crippen molar-refractivity contribution in [3.05, 3.63) is 29.8 Å². The number of methoxy groups -OCH3 is 1. The van der Waals surface area contributed by atoms with Crippen molar-refractivity contribution in [2.45, 2.75) is 69.5 Å². The number of amides is 2. The molecule has 2 atom stereocenters. The Morgan fingerprint density at radius 2 is 1.84 bits per heavy atom. The van der Waals surface area contributed by atoms with Gasteiger partial charge in [0.15, 0.2) is 0 Å². The molecule has 0 aromatic heterocycles. The minimum atomic E-state index is -0.250. The van der Waals surface area contributed by atoms with Crippen molar-refractivity contribution in [2.24, 2.45) is 5.92 Å². The average Bonchev–Trinajstić information content (AvgIpc) is 3.69. The quantitative estimate of drug-likeness (QED) is 0.475. The van der Waals surface area contributed by atoms with E-state index in [9.17, 15) is 9.59 Å². The molecule has 3 fully saturated rings. The Bertz CT molecular complexity index is 779. The molecule has 2 amide bonds. The summed E-state index contributed by atoms with van der Waals surface area (Å²) in [7, 11) is 1.63. The van der Waals surface area contributed by atoms with Crippen LogP contribution in [0.1, 0.15) is 50.5 Å². The number of hydrogen-bond acceptors (Lipinski definition) is 5. The molecule has 2 saturated carbocycles. The first kappa shape index (κ1) is 24.0. The number of nitrogens with one attached hydrogen (secondary N) is 2. The van der Waals surface area contributed by atoms with Crippen molar-refractivity contribution < 1.29 is 24.2 Å². The summed E-state index contributed by atoms with van der Waals surface area (Å²) >= 11 is 0. The van der Waals surface area contributed by atoms with Crippen LogP contribution in [0.2, 0.25) is 0 Å². The lowest BCUT2D eigenvalue weighted by atomic mass is 10.1. The number of carbonyl (C=O) groups excluding carboxylic acids is 2. The van der Waals surface area contributed by atoms with Gasteiger partial charge in [0.2, 0.25) is 11.8 Å². The Hall–Kier alpha value is -2.61. The summed E-state index contributed by atoms with van der Waals surface area (Å²) in [6.45, 7) is 1.48. The van der Waals surface area contributed by atoms with Crippen LogP contribution in [0.25, 0.3) is 0 Å². The average molecular weight is 446 g/mol. The number of rotatable bonds is 10. The fourth-order valence-electron chi connectivity index (χ4n) is 4.34. The first-order chi connectivity index (χ1) is 15.5. The van der Waals surface area contributed by atoms with E-state index in [1.807, 2.05) is 24.3 Å². The Balaban J connectivity index is 0.000000913. The van der Waals surface area contributed by atoms with Gasteiger partial charge in [0, 0.05) is 37.6 Å². The standard InChI is InChI=1S/C23H33N3O3.CH2O2/c1-29-21-4-2-3-17(11-21)12-22(27)24-14-20-10-9-19(26(20)15-16-5-6-16)13-23(28)25-18-7-8-18;2-1-3/h2-4,11,16,18-20H,5-10,12-15H2,1H3,(H,24,27)(H,25,28);1H,(H,2,3)/t19-,20+;/m1./s1. The Kier molecular flexibility index (Phi) is 8.90. The molecular formula is C24H35N3O5. The molecule has 176 valence electrons. The lowest BCUT2D eigenvalue weighted by Gasteiger charge is -2.30. The van der Waals surface area contributed by atoms with E-state index in [4.69, 9.17) is 14.6 Å². The lowest BCUT2D eigenvalue weighted by Crippen LogP contribution is -2.45. The van der Waals surface area contributed by atoms with E-state index < -0.39 is 0 Å². The molecule has 0 spiro atoms. The highest BCUT2D eigenvalue weighted by atomic mass is 16.5. The van der Waals surface area contributed by atoms with Gasteiger partial charge >= 0.3 is 0 Å². The minimum Gasteiger partial charge on any atom is -0.497 e. The molecule has 0 bridgehead atoms. The third kappa shape index (κ3) is 7.82. The number of carbonyl (C=O) groups is 3. The van der Waals surface area contributed by atoms with E-state index in [0.29, 0.717) is 37.5 Å². The summed E-state index contributed by atoms with van der Waals surface area (Å²) in [5.41, 5.74) is 0.956. The summed E-state index contributed by atoms with van der Waals surface area (Å²) in [6, 6.07) is 8.72. The molecule has 1 heterocycles. The summed E-state index contributed by atoms with van der Waals surface area (Å²) in [6.07, 6.45) is 7.90. The Labute approximate surface area is 189 Å². The fraction of sp³-hybridized carbons (Fsp3) is 0.625. The zero-order chi connectivity index (χ0) is 22.9. The van der Waals surface area contributed by atoms with E-state index in [0.717, 1.165) is 49.5 Å². The van der Waals surface area contributed by atoms with Gasteiger partial charge in [0.05, 0.1) is 13.5 Å². The van der Waals surface area contributed by atoms with Crippen LogP contribution in [-0.4, -0.2) is 66.6 Å². The molecule has 0 radical (unpaired) electrons. The third-order valence-corrected chi connectivity index (χ3v) is 6.33. The van der Waals surface area contributed by atoms with Crippen molar-refractivity contribution in [2.75, 3.05) is 20.2 Å². The van der Waals surface area contributed by atoms with E-state index in [-0.39, 0.29) is 18.3 Å². The Morgan fingerprint density at radius 3 is 2.50 bits per heavy atom. The van der Waals surface area contributed by atoms with Gasteiger partial charge in [-0.25, -0.2) is 0 Å². The van der Waals surface area contributed by atoms with Crippen molar-refractivity contribution in [1.29, 1.82) is 0 Å². The predicted molar refractivity (Wildman–Crippen MR) is 120 cm³/mol. The van der Waals surface area contributed by atoms with Crippen LogP contribution in [0, 0.1) is 5.92 Å². The third-order valence-electron chi connectivity index (χ3n) is 6.33. The number of likely N-dealkylation sites (tertiary alicyclic amines) is 1. The molecule has 1 saturated heterocycles. The van der Waals surface area contributed by atoms with Crippen molar-refractivity contribution in [3.63, 3.8) is 0 Å². The monoisotopic (exact) mass is 445 g/mol. The van der Waals surface area contributed by atoms with Gasteiger partial charge in [0.1, 0.15) is 5.75 Å². The molecule has 3 N–H and O–H groups in total. The topological polar surface area (TPSA) is 108 Å². The molecule has 8 heteroatoms. The van der Waals surface area contributed by atoms with Crippen LogP contribution in [0.15, 0.2) is 24.3 Å². The van der Waals surface area contributed by atoms with Gasteiger partial charge in [-0.15, -0.1) is 0 Å². The van der Waals surface area contributed by atoms with Crippen LogP contribution < -0.4 is 15.4 Å². The van der Waals surface area contributed by atoms with Crippen molar-refractivity contribution in [1.82, 2.24) is 15.5 Å². The molecule has 1 aromatic carbocycles. The zero-order valence-corrected chi connectivity index (χ0v) is 18.8. The molecule has 0 unspecified atom stereocenters. The van der Waals surface area contributed by atoms with Crippen LogP contribution in [0.5, 0.6) is 5.75 Å². The maximum atomic E-state index is 12.5. The van der Waals surface area contributed by atoms with Crippen LogP contribution in [-0.2, 0) is 20.8 Å². The first-order valence-corrected chi connectivity index (χ1v) is 11.5. The molecule has 32 heavy (non-hydrogen) atoms. The van der Waals surface area contributed by atoms with E-state index in [1.165, 1.54) is 12.8 Å². The van der Waals surface area contributed by atoms with Crippen molar-refractivity contribution in [3.8, 4) is 5.75 Å². The van der Waals surface area contributed by atoms with Gasteiger partial charge in [-0.1, -0.05) is 12.1 Å². The number of benzene rings is 1. The molecule has 8 nitrogen and oxygen atoms in total. The van der Waals surface area contributed by atoms with E-state index in [2.05, 4.69) is 15.5 Å². The maximum Gasteiger partial charge on any atom is 0.290 e. The number of hydrogen-bond donors (Lipinski definition) is 3. The second-order valence-electron chi connectivity index (χ2n) is 9.01. The van der Waals surface area contributed by atoms with E-state index in [1.54, 1.807) is 7.11 Å². The highest BCUT2D eigenvalue weighted by Gasteiger charge is 2.38. The SMILES string of the molecule is COc1cccc(CC(=O)NC[C@@H]2CC[C@H](CC(=O)NC3CC3)N2CC2CC2)c1.O=CO. The number of carboxylic acid groups (broad SMARTS) is 1. The van der Waals surface area contributed by atoms with Gasteiger partial charge in [0.25, 0.3) is 6.47 Å². The highest BCUT2D eigenvalue weighted by molar-refractivity contribution is 5.79. The summed E-state index contributed by atoms with van der Waals surface area (Å²) < 4.78 is 5.23. The molecule has 3 aliphatic rings. The Morgan fingerprint density at radius 1 is 1.12 bits per heavy atom. The van der Waals surface area contributed by atoms with Crippen LogP contribution >= 0.6 is 0 Å². The minimum absolute atomic E-state index is 0.0413. The highest BCUT2D eigenvalue weighted by Crippen LogP contribution is 2.35. The maximum absolute atomic E-state index is 12.5. The molecule has 1 aliphatic heterocycles. The predicted octanol–water partition coefficient (Wildman–Crippen LogP) is 1.97. The normalized spacial score (nSPS) is 22.4. The second kappa shape index (κ2) is 11.9. The number of ether oxygens (including phenoxy) is 1. The second-order valence-corrected chi connectivity index (χ2v) is 9.01. The van der Waals surface area contributed by atoms with Gasteiger partial charge in [-0.3, -0.25) is 19.3 Å². The summed E-state index contributed by atoms with van der Waals surface area (Å²) in [5.74, 6) is 1.78. The van der Waals surface area contributed by atoms with Crippen LogP contribution in [0.3, 0.4) is 0 Å². The molecule has 2 aliphatic carbocycles. The molecule has 4 rings (SSSR count). The van der Waals surface area contributed by atoms with Gasteiger partial charge in [-0.2, -0.15) is 0 Å². The molecule has 1 aromatic rings. The first-order valence-electron chi connectivity index (χ1n) is 11.5. The smallest absolute Gasteiger partial charge is 0.290 e. The van der Waals surface area contributed by atoms with Gasteiger partial charge in [-0.05, 0) is 62.1 Å². The van der Waals surface area contributed by atoms with E-state index >= 15 is 0 Å². The lowest BCUT2D eigenvalue weighted by molar-refractivity contribution is -0.123. The largest absolute Gasteiger partial charge is 0.497 e.